The van der Waals surface area contributed by atoms with Crippen molar-refractivity contribution in [3.05, 3.63) is 46.2 Å². The number of rotatable bonds is 8. The van der Waals surface area contributed by atoms with E-state index >= 15 is 0 Å². The first kappa shape index (κ1) is 30.0. The van der Waals surface area contributed by atoms with Crippen LogP contribution in [0, 0.1) is 0 Å². The molecule has 228 valence electrons. The van der Waals surface area contributed by atoms with Crippen molar-refractivity contribution in [2.24, 2.45) is 0 Å². The summed E-state index contributed by atoms with van der Waals surface area (Å²) in [6.07, 6.45) is 2.87. The average molecular weight is 581 g/mol. The molecule has 3 saturated heterocycles. The van der Waals surface area contributed by atoms with E-state index in [1.165, 1.54) is 0 Å². The zero-order chi connectivity index (χ0) is 30.0. The Hall–Kier alpha value is -3.44. The van der Waals surface area contributed by atoms with E-state index in [1.54, 1.807) is 24.6 Å². The van der Waals surface area contributed by atoms with Gasteiger partial charge >= 0.3 is 6.09 Å². The zero-order valence-corrected chi connectivity index (χ0v) is 25.2. The van der Waals surface area contributed by atoms with Gasteiger partial charge < -0.3 is 24.8 Å². The Labute approximate surface area is 247 Å². The number of amides is 3. The molecule has 5 rings (SSSR count). The summed E-state index contributed by atoms with van der Waals surface area (Å²) in [5.41, 5.74) is 0.746. The molecule has 3 aliphatic heterocycles. The van der Waals surface area contributed by atoms with E-state index in [-0.39, 0.29) is 53.2 Å². The molecule has 3 aliphatic rings. The van der Waals surface area contributed by atoms with E-state index in [9.17, 15) is 19.2 Å². The van der Waals surface area contributed by atoms with Crippen LogP contribution in [0.25, 0.3) is 10.9 Å². The van der Waals surface area contributed by atoms with Gasteiger partial charge in [0.25, 0.3) is 11.5 Å². The number of para-hydroxylation sites is 1. The predicted molar refractivity (Wildman–Crippen MR) is 161 cm³/mol. The molecule has 0 aliphatic carbocycles. The second-order valence-electron chi connectivity index (χ2n) is 12.2. The number of aromatic nitrogens is 1. The highest BCUT2D eigenvalue weighted by atomic mass is 16.6. The largest absolute Gasteiger partial charge is 0.444 e. The molecular weight excluding hydrogens is 536 g/mol. The SMILES string of the molecule is CNC(=O)OC(CN1CCN(C(C)=O)CC1)CN1[C@@H]2CC[C@H]1CC(NC(=O)c1cc3ccccc3n(C(C)C)c1=O)C2. The van der Waals surface area contributed by atoms with Crippen LogP contribution in [0.3, 0.4) is 0 Å². The van der Waals surface area contributed by atoms with Crippen LogP contribution < -0.4 is 16.2 Å². The molecule has 2 aromatic rings. The standard InChI is InChI=1S/C31H44N6O5/c1-20(2)37-28-8-6-5-7-22(28)15-27(30(37)40)29(39)33-23-16-24-9-10-25(17-23)36(24)19-26(42-31(41)32-4)18-34-11-13-35(14-12-34)21(3)38/h5-8,15,20,23-26H,9-14,16-19H2,1-4H3,(H,32,41)(H,33,39)/t23?,24-,25+,26?. The van der Waals surface area contributed by atoms with Gasteiger partial charge in [-0.25, -0.2) is 4.79 Å². The Morgan fingerprint density at radius 1 is 1.00 bits per heavy atom. The molecule has 1 aromatic heterocycles. The Balaban J connectivity index is 1.24. The Morgan fingerprint density at radius 3 is 2.29 bits per heavy atom. The minimum absolute atomic E-state index is 0.0254. The van der Waals surface area contributed by atoms with Crippen molar-refractivity contribution in [2.75, 3.05) is 46.3 Å². The van der Waals surface area contributed by atoms with Gasteiger partial charge in [-0.05, 0) is 57.0 Å². The third kappa shape index (κ3) is 6.47. The average Bonchev–Trinajstić information content (AvgIpc) is 3.18. The molecule has 3 amide bonds. The lowest BCUT2D eigenvalue weighted by molar-refractivity contribution is -0.130. The Morgan fingerprint density at radius 2 is 1.67 bits per heavy atom. The van der Waals surface area contributed by atoms with Crippen LogP contribution in [-0.2, 0) is 9.53 Å². The molecule has 2 bridgehead atoms. The minimum atomic E-state index is -0.445. The van der Waals surface area contributed by atoms with E-state index in [0.717, 1.165) is 49.7 Å². The van der Waals surface area contributed by atoms with Crippen LogP contribution in [0.4, 0.5) is 4.79 Å². The summed E-state index contributed by atoms with van der Waals surface area (Å²) < 4.78 is 7.51. The molecule has 2 unspecified atom stereocenters. The number of carbonyl (C=O) groups excluding carboxylic acids is 3. The molecular formula is C31H44N6O5. The van der Waals surface area contributed by atoms with Crippen LogP contribution in [0.2, 0.25) is 0 Å². The van der Waals surface area contributed by atoms with E-state index in [1.807, 2.05) is 43.0 Å². The molecule has 3 fully saturated rings. The fourth-order valence-corrected chi connectivity index (χ4v) is 7.03. The van der Waals surface area contributed by atoms with Crippen LogP contribution in [0.1, 0.15) is 62.9 Å². The summed E-state index contributed by atoms with van der Waals surface area (Å²) in [5, 5.41) is 6.63. The van der Waals surface area contributed by atoms with Crippen molar-refractivity contribution in [3.63, 3.8) is 0 Å². The number of alkyl carbamates (subject to hydrolysis) is 1. The third-order valence-electron chi connectivity index (χ3n) is 9.10. The van der Waals surface area contributed by atoms with Gasteiger partial charge in [0, 0.05) is 77.4 Å². The summed E-state index contributed by atoms with van der Waals surface area (Å²) in [6, 6.07) is 9.82. The Kier molecular flexibility index (Phi) is 9.17. The van der Waals surface area contributed by atoms with Crippen molar-refractivity contribution in [1.29, 1.82) is 0 Å². The van der Waals surface area contributed by atoms with Crippen molar-refractivity contribution in [3.8, 4) is 0 Å². The maximum Gasteiger partial charge on any atom is 0.407 e. The van der Waals surface area contributed by atoms with Gasteiger partial charge in [-0.3, -0.25) is 24.2 Å². The molecule has 0 radical (unpaired) electrons. The molecule has 11 nitrogen and oxygen atoms in total. The fourth-order valence-electron chi connectivity index (χ4n) is 7.03. The van der Waals surface area contributed by atoms with Gasteiger partial charge in [0.15, 0.2) is 0 Å². The summed E-state index contributed by atoms with van der Waals surface area (Å²) >= 11 is 0. The molecule has 4 heterocycles. The number of hydrogen-bond acceptors (Lipinski definition) is 7. The topological polar surface area (TPSA) is 116 Å². The summed E-state index contributed by atoms with van der Waals surface area (Å²) in [5.74, 6) is -0.228. The summed E-state index contributed by atoms with van der Waals surface area (Å²) in [6.45, 7) is 9.60. The first-order chi connectivity index (χ1) is 20.1. The summed E-state index contributed by atoms with van der Waals surface area (Å²) in [7, 11) is 1.56. The van der Waals surface area contributed by atoms with Gasteiger partial charge in [0.2, 0.25) is 5.91 Å². The number of carbonyl (C=O) groups is 3. The van der Waals surface area contributed by atoms with Crippen molar-refractivity contribution < 1.29 is 19.1 Å². The smallest absolute Gasteiger partial charge is 0.407 e. The number of benzene rings is 1. The van der Waals surface area contributed by atoms with Crippen LogP contribution in [-0.4, -0.2) is 108 Å². The van der Waals surface area contributed by atoms with Crippen LogP contribution in [0.15, 0.2) is 35.1 Å². The number of hydrogen-bond donors (Lipinski definition) is 2. The molecule has 11 heteroatoms. The lowest BCUT2D eigenvalue weighted by atomic mass is 9.96. The highest BCUT2D eigenvalue weighted by Gasteiger charge is 2.42. The normalized spacial score (nSPS) is 23.6. The monoisotopic (exact) mass is 580 g/mol. The molecule has 2 N–H and O–H groups in total. The van der Waals surface area contributed by atoms with Gasteiger partial charge in [0.1, 0.15) is 11.7 Å². The lowest BCUT2D eigenvalue weighted by Crippen LogP contribution is -2.55. The van der Waals surface area contributed by atoms with Crippen molar-refractivity contribution >= 4 is 28.8 Å². The van der Waals surface area contributed by atoms with Crippen molar-refractivity contribution in [2.45, 2.75) is 76.7 Å². The number of piperazine rings is 1. The fraction of sp³-hybridized carbons (Fsp3) is 0.613. The number of ether oxygens (including phenoxy) is 1. The number of piperidine rings is 1. The maximum atomic E-state index is 13.5. The van der Waals surface area contributed by atoms with Gasteiger partial charge in [-0.15, -0.1) is 0 Å². The highest BCUT2D eigenvalue weighted by molar-refractivity contribution is 5.97. The molecule has 0 spiro atoms. The minimum Gasteiger partial charge on any atom is -0.444 e. The second-order valence-corrected chi connectivity index (χ2v) is 12.2. The molecule has 4 atom stereocenters. The maximum absolute atomic E-state index is 13.5. The van der Waals surface area contributed by atoms with E-state index in [2.05, 4.69) is 20.4 Å². The highest BCUT2D eigenvalue weighted by Crippen LogP contribution is 2.36. The van der Waals surface area contributed by atoms with E-state index in [0.29, 0.717) is 26.2 Å². The predicted octanol–water partition coefficient (Wildman–Crippen LogP) is 2.20. The second kappa shape index (κ2) is 12.8. The van der Waals surface area contributed by atoms with Gasteiger partial charge in [-0.1, -0.05) is 18.2 Å². The van der Waals surface area contributed by atoms with E-state index in [4.69, 9.17) is 4.74 Å². The number of nitrogens with zero attached hydrogens (tertiary/aromatic N) is 4. The van der Waals surface area contributed by atoms with Crippen molar-refractivity contribution in [1.82, 2.24) is 29.9 Å². The number of nitrogens with one attached hydrogen (secondary N) is 2. The number of fused-ring (bicyclic) bond motifs is 3. The Bertz CT molecular complexity index is 1350. The molecule has 0 saturated carbocycles. The first-order valence-corrected chi connectivity index (χ1v) is 15.2. The molecule has 42 heavy (non-hydrogen) atoms. The third-order valence-corrected chi connectivity index (χ3v) is 9.10. The first-order valence-electron chi connectivity index (χ1n) is 15.2. The van der Waals surface area contributed by atoms with Crippen LogP contribution in [0.5, 0.6) is 0 Å². The van der Waals surface area contributed by atoms with E-state index < -0.39 is 6.09 Å². The zero-order valence-electron chi connectivity index (χ0n) is 25.2. The van der Waals surface area contributed by atoms with Gasteiger partial charge in [0.05, 0.1) is 5.52 Å². The quantitative estimate of drug-likeness (QED) is 0.492. The summed E-state index contributed by atoms with van der Waals surface area (Å²) in [4.78, 5) is 57.3. The van der Waals surface area contributed by atoms with Gasteiger partial charge in [-0.2, -0.15) is 0 Å². The lowest BCUT2D eigenvalue weighted by Gasteiger charge is -2.42. The molecule has 1 aromatic carbocycles. The van der Waals surface area contributed by atoms with Crippen LogP contribution >= 0.6 is 0 Å². The number of pyridine rings is 1.